The number of hydrogen-bond acceptors (Lipinski definition) is 12. The number of carbonyl (C=O) groups is 3. The monoisotopic (exact) mass is 837 g/mol. The third-order valence-corrected chi connectivity index (χ3v) is 11.0. The van der Waals surface area contributed by atoms with Crippen LogP contribution in [0.15, 0.2) is 102 Å². The van der Waals surface area contributed by atoms with Gasteiger partial charge in [0.15, 0.2) is 17.9 Å². The first-order chi connectivity index (χ1) is 27.1. The third kappa shape index (κ3) is 9.99. The summed E-state index contributed by atoms with van der Waals surface area (Å²) < 4.78 is 42.4. The van der Waals surface area contributed by atoms with Crippen LogP contribution in [0.1, 0.15) is 36.5 Å². The molecule has 0 bridgehead atoms. The van der Waals surface area contributed by atoms with Crippen molar-refractivity contribution in [1.82, 2.24) is 4.90 Å². The minimum atomic E-state index is -1.98. The molecule has 56 heavy (non-hydrogen) atoms. The summed E-state index contributed by atoms with van der Waals surface area (Å²) >= 11 is 3.30. The lowest BCUT2D eigenvalue weighted by Crippen LogP contribution is -2.61. The summed E-state index contributed by atoms with van der Waals surface area (Å²) in [6, 6.07) is 28.1. The number of benzene rings is 3. The first kappa shape index (κ1) is 41.8. The summed E-state index contributed by atoms with van der Waals surface area (Å²) in [4.78, 5) is 40.8. The van der Waals surface area contributed by atoms with E-state index >= 15 is 0 Å². The number of amides is 2. The van der Waals surface area contributed by atoms with E-state index in [-0.39, 0.29) is 50.4 Å². The van der Waals surface area contributed by atoms with Crippen LogP contribution in [0.3, 0.4) is 0 Å². The van der Waals surface area contributed by atoms with Gasteiger partial charge in [0.25, 0.3) is 0 Å². The number of imide groups is 1. The fraction of sp³-hybridized carbons (Fsp3) is 0.452. The van der Waals surface area contributed by atoms with Gasteiger partial charge < -0.3 is 43.4 Å². The van der Waals surface area contributed by atoms with Gasteiger partial charge in [-0.1, -0.05) is 97.9 Å². The van der Waals surface area contributed by atoms with Crippen molar-refractivity contribution in [2.24, 2.45) is 5.92 Å². The number of aliphatic hydroxyl groups excluding tert-OH is 1. The Labute approximate surface area is 334 Å². The van der Waals surface area contributed by atoms with Crippen LogP contribution in [0, 0.1) is 5.92 Å². The van der Waals surface area contributed by atoms with E-state index < -0.39 is 72.3 Å². The second-order valence-corrected chi connectivity index (χ2v) is 14.9. The van der Waals surface area contributed by atoms with Gasteiger partial charge in [-0.05, 0) is 51.5 Å². The van der Waals surface area contributed by atoms with Gasteiger partial charge in [0.2, 0.25) is 5.91 Å². The second-order valence-electron chi connectivity index (χ2n) is 14.1. The number of rotatable bonds is 17. The summed E-state index contributed by atoms with van der Waals surface area (Å²) in [7, 11) is 1.47. The predicted molar refractivity (Wildman–Crippen MR) is 205 cm³/mol. The Kier molecular flexibility index (Phi) is 14.6. The number of methoxy groups -OCH3 is 1. The Morgan fingerprint density at radius 3 is 2.07 bits per heavy atom. The average Bonchev–Trinajstić information content (AvgIpc) is 3.58. The van der Waals surface area contributed by atoms with Crippen LogP contribution in [0.5, 0.6) is 0 Å². The summed E-state index contributed by atoms with van der Waals surface area (Å²) in [6.07, 6.45) is -4.41. The maximum atomic E-state index is 13.8. The van der Waals surface area contributed by atoms with Crippen molar-refractivity contribution in [3.8, 4) is 0 Å². The van der Waals surface area contributed by atoms with E-state index in [4.69, 9.17) is 33.2 Å². The number of hydrogen-bond donors (Lipinski definition) is 2. The highest BCUT2D eigenvalue weighted by Gasteiger charge is 2.50. The molecule has 3 aliphatic rings. The maximum Gasteiger partial charge on any atom is 0.416 e. The van der Waals surface area contributed by atoms with Gasteiger partial charge in [-0.25, -0.2) is 9.69 Å². The molecule has 0 radical (unpaired) electrons. The van der Waals surface area contributed by atoms with Gasteiger partial charge in [-0.3, -0.25) is 9.59 Å². The summed E-state index contributed by atoms with van der Waals surface area (Å²) in [5, 5.41) is 22.1. The number of nitrogens with zero attached hydrogens (tertiary/aromatic N) is 1. The number of ether oxygens (including phenoxy) is 7. The lowest BCUT2D eigenvalue weighted by Gasteiger charge is -2.45. The van der Waals surface area contributed by atoms with E-state index in [0.717, 1.165) is 21.6 Å². The molecular formula is C42H48BrNO12. The Morgan fingerprint density at radius 1 is 0.893 bits per heavy atom. The second kappa shape index (κ2) is 19.5. The predicted octanol–water partition coefficient (Wildman–Crippen LogP) is 4.85. The SMILES string of the molecule is CO[C@H]1O[C@H](CO)[C@@H](OCc2ccccc2)[C@H](OCc2ccccc2)[C@@H]1OCCC[C@@]1(O)O[C@@H]([C@H](C)C(=O)N2C(=O)OC[C@@H]2Cc2ccccc2)C(=O)C=C1Br. The molecule has 3 heterocycles. The van der Waals surface area contributed by atoms with E-state index in [1.807, 2.05) is 91.0 Å². The molecule has 2 saturated heterocycles. The topological polar surface area (TPSA) is 160 Å². The molecule has 2 N–H and O–H groups in total. The molecule has 3 aromatic carbocycles. The van der Waals surface area contributed by atoms with Gasteiger partial charge in [0.05, 0.1) is 36.3 Å². The van der Waals surface area contributed by atoms with Gasteiger partial charge in [-0.15, -0.1) is 0 Å². The Balaban J connectivity index is 1.12. The van der Waals surface area contributed by atoms with Crippen molar-refractivity contribution in [2.45, 2.75) is 88.0 Å². The number of cyclic esters (lactones) is 1. The molecule has 0 saturated carbocycles. The quantitative estimate of drug-likeness (QED) is 0.179. The zero-order valence-electron chi connectivity index (χ0n) is 31.3. The van der Waals surface area contributed by atoms with Gasteiger partial charge in [0, 0.05) is 20.1 Å². The zero-order chi connectivity index (χ0) is 39.7. The van der Waals surface area contributed by atoms with E-state index in [2.05, 4.69) is 15.9 Å². The highest BCUT2D eigenvalue weighted by Crippen LogP contribution is 2.37. The molecule has 14 heteroatoms. The smallest absolute Gasteiger partial charge is 0.416 e. The van der Waals surface area contributed by atoms with Crippen LogP contribution in [0.4, 0.5) is 4.79 Å². The Hall–Kier alpha value is -3.83. The standard InChI is InChI=1S/C42H48BrNO12/c1-27(39(47)44-31(26-54-41(44)48)21-28-13-6-3-7-14-28)35-32(46)22-34(43)42(49,56-35)19-12-20-51-38-37(53-25-30-17-10-5-11-18-30)36(33(23-45)55-40(38)50-2)52-24-29-15-8-4-9-16-29/h3-11,13-18,22,27,31,33,35-38,40,45,49H,12,19-21,23-26H2,1-2H3/t27-,31-,33+,35-,36+,37-,38-,40-,42+/m0/s1. The maximum absolute atomic E-state index is 13.8. The number of halogens is 1. The van der Waals surface area contributed by atoms with Crippen LogP contribution in [0.25, 0.3) is 0 Å². The molecule has 13 nitrogen and oxygen atoms in total. The largest absolute Gasteiger partial charge is 0.447 e. The molecule has 0 aliphatic carbocycles. The third-order valence-electron chi connectivity index (χ3n) is 10.1. The molecule has 2 amide bonds. The number of ketones is 1. The molecule has 0 unspecified atom stereocenters. The van der Waals surface area contributed by atoms with Crippen LogP contribution >= 0.6 is 15.9 Å². The van der Waals surface area contributed by atoms with Gasteiger partial charge >= 0.3 is 6.09 Å². The summed E-state index contributed by atoms with van der Waals surface area (Å²) in [5.74, 6) is -4.28. The fourth-order valence-corrected chi connectivity index (χ4v) is 7.65. The van der Waals surface area contributed by atoms with E-state index in [9.17, 15) is 24.6 Å². The van der Waals surface area contributed by atoms with Crippen LogP contribution in [-0.2, 0) is 62.4 Å². The average molecular weight is 839 g/mol. The van der Waals surface area contributed by atoms with Crippen LogP contribution in [-0.4, -0.2) is 108 Å². The zero-order valence-corrected chi connectivity index (χ0v) is 32.9. The highest BCUT2D eigenvalue weighted by atomic mass is 79.9. The highest BCUT2D eigenvalue weighted by molar-refractivity contribution is 9.11. The van der Waals surface area contributed by atoms with Crippen LogP contribution in [0.2, 0.25) is 0 Å². The first-order valence-electron chi connectivity index (χ1n) is 18.7. The molecule has 300 valence electrons. The van der Waals surface area contributed by atoms with Gasteiger partial charge in [-0.2, -0.15) is 0 Å². The number of carbonyl (C=O) groups excluding carboxylic acids is 3. The molecule has 2 fully saturated rings. The lowest BCUT2D eigenvalue weighted by atomic mass is 9.93. The van der Waals surface area contributed by atoms with E-state index in [1.165, 1.54) is 20.1 Å². The lowest BCUT2D eigenvalue weighted by molar-refractivity contribution is -0.320. The molecule has 3 aromatic rings. The van der Waals surface area contributed by atoms with Crippen molar-refractivity contribution in [3.05, 3.63) is 118 Å². The van der Waals surface area contributed by atoms with Crippen molar-refractivity contribution >= 4 is 33.7 Å². The van der Waals surface area contributed by atoms with Crippen molar-refractivity contribution in [1.29, 1.82) is 0 Å². The molecule has 0 spiro atoms. The Morgan fingerprint density at radius 2 is 1.48 bits per heavy atom. The molecular weight excluding hydrogens is 790 g/mol. The minimum absolute atomic E-state index is 0.0235. The fourth-order valence-electron chi connectivity index (χ4n) is 7.13. The molecule has 3 aliphatic heterocycles. The minimum Gasteiger partial charge on any atom is -0.447 e. The summed E-state index contributed by atoms with van der Waals surface area (Å²) in [6.45, 7) is 1.69. The van der Waals surface area contributed by atoms with E-state index in [0.29, 0.717) is 6.42 Å². The van der Waals surface area contributed by atoms with Gasteiger partial charge in [0.1, 0.15) is 37.1 Å². The van der Waals surface area contributed by atoms with E-state index in [1.54, 1.807) is 0 Å². The molecule has 6 rings (SSSR count). The number of aliphatic hydroxyl groups is 2. The van der Waals surface area contributed by atoms with Crippen LogP contribution < -0.4 is 0 Å². The Bertz CT molecular complexity index is 1780. The normalized spacial score (nSPS) is 28.5. The van der Waals surface area contributed by atoms with Crippen molar-refractivity contribution in [3.63, 3.8) is 0 Å². The first-order valence-corrected chi connectivity index (χ1v) is 19.5. The molecule has 0 aromatic heterocycles. The van der Waals surface area contributed by atoms with Crippen molar-refractivity contribution in [2.75, 3.05) is 26.9 Å². The van der Waals surface area contributed by atoms with Crippen molar-refractivity contribution < 1.29 is 57.8 Å². The summed E-state index contributed by atoms with van der Waals surface area (Å²) in [5.41, 5.74) is 2.77. The molecule has 9 atom stereocenters.